The van der Waals surface area contributed by atoms with Crippen molar-refractivity contribution in [3.05, 3.63) is 10.6 Å². The van der Waals surface area contributed by atoms with Crippen LogP contribution in [0.3, 0.4) is 0 Å². The molecule has 1 saturated heterocycles. The number of rotatable bonds is 3. The van der Waals surface area contributed by atoms with E-state index in [1.807, 2.05) is 0 Å². The highest BCUT2D eigenvalue weighted by Crippen LogP contribution is 2.26. The smallest absolute Gasteiger partial charge is 0.322 e. The van der Waals surface area contributed by atoms with E-state index in [0.29, 0.717) is 31.1 Å². The Bertz CT molecular complexity index is 614. The molecule has 2 aliphatic rings. The summed E-state index contributed by atoms with van der Waals surface area (Å²) in [6.45, 7) is 1.13. The number of nitrogen functional groups attached to an aromatic ring is 1. The van der Waals surface area contributed by atoms with Crippen LogP contribution >= 0.6 is 11.3 Å². The van der Waals surface area contributed by atoms with E-state index in [0.717, 1.165) is 10.6 Å². The quantitative estimate of drug-likeness (QED) is 0.657. The van der Waals surface area contributed by atoms with Crippen LogP contribution in [0, 0.1) is 0 Å². The molecule has 4 N–H and O–H groups in total. The molecule has 8 nitrogen and oxygen atoms in total. The van der Waals surface area contributed by atoms with Crippen molar-refractivity contribution in [2.75, 3.05) is 12.3 Å². The molecule has 0 saturated carbocycles. The van der Waals surface area contributed by atoms with Gasteiger partial charge in [0.25, 0.3) is 5.91 Å². The average Bonchev–Trinajstić information content (AvgIpc) is 2.96. The number of nitrogens with zero attached hydrogens (tertiary/aromatic N) is 2. The van der Waals surface area contributed by atoms with Crippen molar-refractivity contribution in [2.45, 2.75) is 31.8 Å². The Hall–Kier alpha value is -2.16. The lowest BCUT2D eigenvalue weighted by Crippen LogP contribution is -2.37. The van der Waals surface area contributed by atoms with Gasteiger partial charge in [-0.05, 0) is 6.42 Å². The van der Waals surface area contributed by atoms with E-state index in [1.165, 1.54) is 11.3 Å². The Kier molecular flexibility index (Phi) is 3.50. The molecule has 1 unspecified atom stereocenters. The third kappa shape index (κ3) is 2.82. The molecule has 1 aromatic heterocycles. The van der Waals surface area contributed by atoms with Gasteiger partial charge < -0.3 is 16.0 Å². The van der Waals surface area contributed by atoms with Crippen LogP contribution in [0.2, 0.25) is 0 Å². The van der Waals surface area contributed by atoms with Crippen molar-refractivity contribution < 1.29 is 14.4 Å². The second-order valence-electron chi connectivity index (χ2n) is 5.04. The Morgan fingerprint density at radius 2 is 2.29 bits per heavy atom. The highest BCUT2D eigenvalue weighted by molar-refractivity contribution is 7.15. The molecule has 0 bridgehead atoms. The highest BCUT2D eigenvalue weighted by atomic mass is 32.1. The maximum atomic E-state index is 12.2. The lowest BCUT2D eigenvalue weighted by Gasteiger charge is -2.26. The number of anilines is 1. The van der Waals surface area contributed by atoms with Crippen molar-refractivity contribution >= 4 is 34.3 Å². The summed E-state index contributed by atoms with van der Waals surface area (Å²) in [4.78, 5) is 41.6. The fourth-order valence-electron chi connectivity index (χ4n) is 2.52. The SMILES string of the molecule is Nc1nc2c(s1)CN(C(=O)CCC1NC(=O)NC1=O)CC2. The molecule has 21 heavy (non-hydrogen) atoms. The second-order valence-corrected chi connectivity index (χ2v) is 6.16. The van der Waals surface area contributed by atoms with Crippen LogP contribution < -0.4 is 16.4 Å². The first-order valence-electron chi connectivity index (χ1n) is 6.66. The summed E-state index contributed by atoms with van der Waals surface area (Å²) >= 11 is 1.41. The van der Waals surface area contributed by atoms with Crippen LogP contribution in [0.1, 0.15) is 23.4 Å². The molecule has 0 spiro atoms. The number of nitrogens with one attached hydrogen (secondary N) is 2. The maximum absolute atomic E-state index is 12.2. The highest BCUT2D eigenvalue weighted by Gasteiger charge is 2.31. The van der Waals surface area contributed by atoms with E-state index >= 15 is 0 Å². The normalized spacial score (nSPS) is 21.0. The summed E-state index contributed by atoms with van der Waals surface area (Å²) in [5.41, 5.74) is 6.64. The van der Waals surface area contributed by atoms with Gasteiger partial charge in [-0.15, -0.1) is 11.3 Å². The zero-order valence-electron chi connectivity index (χ0n) is 11.2. The van der Waals surface area contributed by atoms with Gasteiger partial charge in [0.1, 0.15) is 6.04 Å². The lowest BCUT2D eigenvalue weighted by molar-refractivity contribution is -0.132. The first-order chi connectivity index (χ1) is 10.0. The number of carbonyl (C=O) groups excluding carboxylic acids is 3. The van der Waals surface area contributed by atoms with E-state index in [4.69, 9.17) is 5.73 Å². The molecular formula is C12H15N5O3S. The molecule has 4 amide bonds. The molecular weight excluding hydrogens is 294 g/mol. The molecule has 0 aliphatic carbocycles. The van der Waals surface area contributed by atoms with E-state index in [2.05, 4.69) is 15.6 Å². The number of hydrogen-bond acceptors (Lipinski definition) is 6. The predicted molar refractivity (Wildman–Crippen MR) is 75.3 cm³/mol. The van der Waals surface area contributed by atoms with Gasteiger partial charge in [-0.3, -0.25) is 14.9 Å². The molecule has 0 radical (unpaired) electrons. The van der Waals surface area contributed by atoms with Crippen molar-refractivity contribution in [1.29, 1.82) is 0 Å². The number of imide groups is 1. The number of fused-ring (bicyclic) bond motifs is 1. The summed E-state index contributed by atoms with van der Waals surface area (Å²) in [6.07, 6.45) is 1.24. The van der Waals surface area contributed by atoms with Crippen LogP contribution in [-0.2, 0) is 22.6 Å². The van der Waals surface area contributed by atoms with Gasteiger partial charge in [0.05, 0.1) is 12.2 Å². The van der Waals surface area contributed by atoms with Gasteiger partial charge in [-0.25, -0.2) is 9.78 Å². The van der Waals surface area contributed by atoms with Crippen molar-refractivity contribution in [2.24, 2.45) is 0 Å². The van der Waals surface area contributed by atoms with Gasteiger partial charge in [0, 0.05) is 24.3 Å². The fraction of sp³-hybridized carbons (Fsp3) is 0.500. The number of hydrogen-bond donors (Lipinski definition) is 3. The largest absolute Gasteiger partial charge is 0.375 e. The molecule has 112 valence electrons. The third-order valence-electron chi connectivity index (χ3n) is 3.61. The number of carbonyl (C=O) groups is 3. The Labute approximate surface area is 124 Å². The van der Waals surface area contributed by atoms with Gasteiger partial charge >= 0.3 is 6.03 Å². The summed E-state index contributed by atoms with van der Waals surface area (Å²) in [5.74, 6) is -0.398. The minimum atomic E-state index is -0.610. The van der Waals surface area contributed by atoms with E-state index in [1.54, 1.807) is 4.90 Å². The van der Waals surface area contributed by atoms with Crippen LogP contribution in [0.25, 0.3) is 0 Å². The fourth-order valence-corrected chi connectivity index (χ4v) is 3.41. The van der Waals surface area contributed by atoms with Crippen molar-refractivity contribution in [1.82, 2.24) is 20.5 Å². The van der Waals surface area contributed by atoms with Crippen molar-refractivity contribution in [3.63, 3.8) is 0 Å². The first kappa shape index (κ1) is 13.8. The number of amides is 4. The van der Waals surface area contributed by atoms with E-state index in [9.17, 15) is 14.4 Å². The minimum Gasteiger partial charge on any atom is -0.375 e. The summed E-state index contributed by atoms with van der Waals surface area (Å²) in [7, 11) is 0. The number of urea groups is 1. The maximum Gasteiger partial charge on any atom is 0.322 e. The zero-order valence-corrected chi connectivity index (χ0v) is 12.0. The summed E-state index contributed by atoms with van der Waals surface area (Å²) in [6, 6.07) is -1.11. The molecule has 9 heteroatoms. The van der Waals surface area contributed by atoms with Crippen LogP contribution in [0.4, 0.5) is 9.93 Å². The molecule has 1 fully saturated rings. The van der Waals surface area contributed by atoms with Crippen LogP contribution in [0.15, 0.2) is 0 Å². The minimum absolute atomic E-state index is 0.0263. The summed E-state index contributed by atoms with van der Waals surface area (Å²) in [5, 5.41) is 5.17. The summed E-state index contributed by atoms with van der Waals surface area (Å²) < 4.78 is 0. The van der Waals surface area contributed by atoms with Crippen molar-refractivity contribution in [3.8, 4) is 0 Å². The molecule has 2 aliphatic heterocycles. The van der Waals surface area contributed by atoms with Gasteiger partial charge in [0.15, 0.2) is 5.13 Å². The molecule has 3 heterocycles. The monoisotopic (exact) mass is 309 g/mol. The number of nitrogens with two attached hydrogens (primary N) is 1. The predicted octanol–water partition coefficient (Wildman–Crippen LogP) is -0.402. The molecule has 0 aromatic carbocycles. The van der Waals surface area contributed by atoms with Gasteiger partial charge in [0.2, 0.25) is 5.91 Å². The van der Waals surface area contributed by atoms with Gasteiger partial charge in [-0.2, -0.15) is 0 Å². The average molecular weight is 309 g/mol. The van der Waals surface area contributed by atoms with E-state index in [-0.39, 0.29) is 18.2 Å². The second kappa shape index (κ2) is 5.32. The van der Waals surface area contributed by atoms with Gasteiger partial charge in [-0.1, -0.05) is 0 Å². The third-order valence-corrected chi connectivity index (χ3v) is 4.52. The Balaban J connectivity index is 1.55. The van der Waals surface area contributed by atoms with E-state index < -0.39 is 12.1 Å². The standard InChI is InChI=1S/C12H15N5O3S/c13-11-14-6-3-4-17(5-8(6)21-11)9(18)2-1-7-10(19)16-12(20)15-7/h7H,1-5H2,(H2,13,14)(H2,15,16,19,20). The number of aromatic nitrogens is 1. The topological polar surface area (TPSA) is 117 Å². The number of thiazole rings is 1. The molecule has 1 aromatic rings. The lowest BCUT2D eigenvalue weighted by atomic mass is 10.1. The van der Waals surface area contributed by atoms with Crippen LogP contribution in [0.5, 0.6) is 0 Å². The Morgan fingerprint density at radius 3 is 3.00 bits per heavy atom. The molecule has 1 atom stereocenters. The zero-order chi connectivity index (χ0) is 15.0. The Morgan fingerprint density at radius 1 is 1.48 bits per heavy atom. The van der Waals surface area contributed by atoms with Crippen LogP contribution in [-0.4, -0.2) is 40.3 Å². The first-order valence-corrected chi connectivity index (χ1v) is 7.48. The molecule has 3 rings (SSSR count).